The third-order valence-electron chi connectivity index (χ3n) is 3.44. The fourth-order valence-electron chi connectivity index (χ4n) is 2.11. The number of nitrogens with zero attached hydrogens (tertiary/aromatic N) is 3. The number of rotatable bonds is 5. The Morgan fingerprint density at radius 3 is 2.62 bits per heavy atom. The van der Waals surface area contributed by atoms with Crippen LogP contribution in [0.5, 0.6) is 0 Å². The number of imidazole rings is 1. The van der Waals surface area contributed by atoms with Crippen LogP contribution in [0, 0.1) is 0 Å². The van der Waals surface area contributed by atoms with Gasteiger partial charge in [-0.25, -0.2) is 4.79 Å². The van der Waals surface area contributed by atoms with E-state index in [4.69, 9.17) is 0 Å². The largest absolute Gasteiger partial charge is 0.392 e. The van der Waals surface area contributed by atoms with Crippen LogP contribution < -0.4 is 16.6 Å². The monoisotopic (exact) mass is 295 g/mol. The molecule has 0 aromatic carbocycles. The lowest BCUT2D eigenvalue weighted by Crippen LogP contribution is -2.30. The summed E-state index contributed by atoms with van der Waals surface area (Å²) in [5.41, 5.74) is -0.429. The van der Waals surface area contributed by atoms with E-state index in [9.17, 15) is 14.7 Å². The molecule has 2 aromatic rings. The Bertz CT molecular complexity index is 755. The van der Waals surface area contributed by atoms with E-state index in [1.165, 1.54) is 4.57 Å². The predicted molar refractivity (Wildman–Crippen MR) is 80.7 cm³/mol. The summed E-state index contributed by atoms with van der Waals surface area (Å²) in [7, 11) is 1.55. The first-order valence-corrected chi connectivity index (χ1v) is 6.99. The number of hydrogen-bond acceptors (Lipinski definition) is 5. The highest BCUT2D eigenvalue weighted by atomic mass is 16.3. The molecule has 0 saturated carbocycles. The molecular formula is C13H21N5O3. The second-order valence-electron chi connectivity index (χ2n) is 5.34. The highest BCUT2D eigenvalue weighted by molar-refractivity contribution is 5.74. The number of fused-ring (bicyclic) bond motifs is 1. The molecule has 2 unspecified atom stereocenters. The third kappa shape index (κ3) is 2.85. The topological polar surface area (TPSA) is 105 Å². The summed E-state index contributed by atoms with van der Waals surface area (Å²) >= 11 is 0. The summed E-state index contributed by atoms with van der Waals surface area (Å²) in [5.74, 6) is 0.479. The lowest BCUT2D eigenvalue weighted by atomic mass is 10.3. The lowest BCUT2D eigenvalue weighted by molar-refractivity contribution is 0.175. The maximum Gasteiger partial charge on any atom is 0.329 e. The van der Waals surface area contributed by atoms with Crippen LogP contribution >= 0.6 is 0 Å². The number of aryl methyl sites for hydroxylation is 1. The van der Waals surface area contributed by atoms with E-state index < -0.39 is 17.4 Å². The Balaban J connectivity index is 2.72. The minimum absolute atomic E-state index is 0.158. The van der Waals surface area contributed by atoms with Crippen molar-refractivity contribution in [3.8, 4) is 0 Å². The van der Waals surface area contributed by atoms with Gasteiger partial charge in [-0.2, -0.15) is 4.98 Å². The summed E-state index contributed by atoms with van der Waals surface area (Å²) in [6, 6.07) is 0.158. The van der Waals surface area contributed by atoms with Crippen molar-refractivity contribution < 1.29 is 5.11 Å². The number of aromatic nitrogens is 4. The smallest absolute Gasteiger partial charge is 0.329 e. The zero-order chi connectivity index (χ0) is 15.7. The zero-order valence-corrected chi connectivity index (χ0v) is 12.7. The number of aliphatic hydroxyl groups excluding tert-OH is 1. The average molecular weight is 295 g/mol. The van der Waals surface area contributed by atoms with Gasteiger partial charge < -0.3 is 15.0 Å². The van der Waals surface area contributed by atoms with E-state index in [1.807, 2.05) is 13.8 Å². The van der Waals surface area contributed by atoms with Gasteiger partial charge in [-0.05, 0) is 20.3 Å². The van der Waals surface area contributed by atoms with Crippen LogP contribution in [0.1, 0.15) is 27.2 Å². The van der Waals surface area contributed by atoms with Gasteiger partial charge in [-0.15, -0.1) is 0 Å². The molecule has 0 aliphatic carbocycles. The molecule has 2 rings (SSSR count). The molecule has 0 amide bonds. The normalized spacial score (nSPS) is 14.3. The number of anilines is 1. The molecule has 2 atom stereocenters. The quantitative estimate of drug-likeness (QED) is 0.721. The van der Waals surface area contributed by atoms with Crippen molar-refractivity contribution in [2.24, 2.45) is 7.05 Å². The van der Waals surface area contributed by atoms with Crippen LogP contribution in [0.25, 0.3) is 11.2 Å². The van der Waals surface area contributed by atoms with Gasteiger partial charge in [0, 0.05) is 13.1 Å². The Labute approximate surface area is 121 Å². The Morgan fingerprint density at radius 1 is 1.38 bits per heavy atom. The molecule has 0 spiro atoms. The van der Waals surface area contributed by atoms with E-state index in [0.717, 1.165) is 6.42 Å². The van der Waals surface area contributed by atoms with Crippen molar-refractivity contribution in [1.29, 1.82) is 0 Å². The van der Waals surface area contributed by atoms with Crippen molar-refractivity contribution >= 4 is 17.1 Å². The Kier molecular flexibility index (Phi) is 4.17. The van der Waals surface area contributed by atoms with Crippen LogP contribution in [-0.2, 0) is 13.6 Å². The first kappa shape index (κ1) is 15.3. The summed E-state index contributed by atoms with van der Waals surface area (Å²) in [5, 5.41) is 12.9. The molecule has 2 aromatic heterocycles. The Morgan fingerprint density at radius 2 is 2.05 bits per heavy atom. The lowest BCUT2D eigenvalue weighted by Gasteiger charge is -2.15. The molecule has 8 nitrogen and oxygen atoms in total. The fraction of sp³-hybridized carbons (Fsp3) is 0.615. The predicted octanol–water partition coefficient (Wildman–Crippen LogP) is 0.0145. The van der Waals surface area contributed by atoms with Crippen LogP contribution in [0.3, 0.4) is 0 Å². The van der Waals surface area contributed by atoms with Crippen molar-refractivity contribution in [3.05, 3.63) is 20.8 Å². The standard InChI is InChI=1S/C13H21N5O3/c1-5-7(2)14-12-15-10-9(18(12)6-8(3)19)11(20)16-13(21)17(10)4/h7-8,19H,5-6H2,1-4H3,(H,14,15)(H,16,20,21). The van der Waals surface area contributed by atoms with Gasteiger partial charge in [0.15, 0.2) is 11.2 Å². The number of H-pyrrole nitrogens is 1. The van der Waals surface area contributed by atoms with Crippen molar-refractivity contribution in [2.45, 2.75) is 45.9 Å². The van der Waals surface area contributed by atoms with Gasteiger partial charge in [0.25, 0.3) is 5.56 Å². The first-order chi connectivity index (χ1) is 9.85. The molecule has 21 heavy (non-hydrogen) atoms. The number of aromatic amines is 1. The average Bonchev–Trinajstić information content (AvgIpc) is 2.74. The van der Waals surface area contributed by atoms with Gasteiger partial charge in [-0.1, -0.05) is 6.92 Å². The van der Waals surface area contributed by atoms with E-state index in [0.29, 0.717) is 11.6 Å². The summed E-state index contributed by atoms with van der Waals surface area (Å²) in [6.45, 7) is 5.88. The van der Waals surface area contributed by atoms with Crippen molar-refractivity contribution in [3.63, 3.8) is 0 Å². The molecule has 0 fully saturated rings. The van der Waals surface area contributed by atoms with Gasteiger partial charge >= 0.3 is 5.69 Å². The number of hydrogen-bond donors (Lipinski definition) is 3. The van der Waals surface area contributed by atoms with Crippen molar-refractivity contribution in [1.82, 2.24) is 19.1 Å². The molecule has 3 N–H and O–H groups in total. The maximum atomic E-state index is 12.1. The first-order valence-electron chi connectivity index (χ1n) is 6.99. The molecule has 0 aliphatic heterocycles. The highest BCUT2D eigenvalue weighted by Crippen LogP contribution is 2.17. The van der Waals surface area contributed by atoms with Crippen LogP contribution in [0.4, 0.5) is 5.95 Å². The summed E-state index contributed by atoms with van der Waals surface area (Å²) in [4.78, 5) is 30.4. The van der Waals surface area contributed by atoms with Gasteiger partial charge in [-0.3, -0.25) is 14.3 Å². The summed E-state index contributed by atoms with van der Waals surface area (Å²) < 4.78 is 2.90. The molecule has 0 saturated heterocycles. The SMILES string of the molecule is CCC(C)Nc1nc2c(c(=O)[nH]c(=O)n2C)n1CC(C)O. The maximum absolute atomic E-state index is 12.1. The molecular weight excluding hydrogens is 274 g/mol. The van der Waals surface area contributed by atoms with E-state index in [-0.39, 0.29) is 18.1 Å². The minimum Gasteiger partial charge on any atom is -0.392 e. The fourth-order valence-corrected chi connectivity index (χ4v) is 2.11. The second-order valence-corrected chi connectivity index (χ2v) is 5.34. The van der Waals surface area contributed by atoms with E-state index >= 15 is 0 Å². The molecule has 0 radical (unpaired) electrons. The van der Waals surface area contributed by atoms with E-state index in [1.54, 1.807) is 18.5 Å². The summed E-state index contributed by atoms with van der Waals surface area (Å²) in [6.07, 6.45) is 0.240. The third-order valence-corrected chi connectivity index (χ3v) is 3.44. The van der Waals surface area contributed by atoms with Crippen molar-refractivity contribution in [2.75, 3.05) is 5.32 Å². The zero-order valence-electron chi connectivity index (χ0n) is 12.7. The van der Waals surface area contributed by atoms with Crippen LogP contribution in [-0.4, -0.2) is 36.4 Å². The van der Waals surface area contributed by atoms with Crippen LogP contribution in [0.15, 0.2) is 9.59 Å². The minimum atomic E-state index is -0.642. The molecule has 0 aliphatic rings. The van der Waals surface area contributed by atoms with Gasteiger partial charge in [0.05, 0.1) is 12.6 Å². The highest BCUT2D eigenvalue weighted by Gasteiger charge is 2.19. The van der Waals surface area contributed by atoms with Gasteiger partial charge in [0.2, 0.25) is 5.95 Å². The molecule has 8 heteroatoms. The van der Waals surface area contributed by atoms with Crippen LogP contribution in [0.2, 0.25) is 0 Å². The van der Waals surface area contributed by atoms with Gasteiger partial charge in [0.1, 0.15) is 0 Å². The Hall–Kier alpha value is -2.09. The molecule has 2 heterocycles. The molecule has 116 valence electrons. The second kappa shape index (κ2) is 5.72. The number of nitrogens with one attached hydrogen (secondary N) is 2. The molecule has 0 bridgehead atoms. The number of aliphatic hydroxyl groups is 1. The van der Waals surface area contributed by atoms with E-state index in [2.05, 4.69) is 15.3 Å².